The first kappa shape index (κ1) is 23.2. The van der Waals surface area contributed by atoms with Gasteiger partial charge >= 0.3 is 0 Å². The summed E-state index contributed by atoms with van der Waals surface area (Å²) < 4.78 is 14.7. The van der Waals surface area contributed by atoms with Crippen molar-refractivity contribution in [3.05, 3.63) is 126 Å². The van der Waals surface area contributed by atoms with Crippen LogP contribution in [0.25, 0.3) is 0 Å². The minimum absolute atomic E-state index is 0.180. The zero-order valence-corrected chi connectivity index (χ0v) is 19.5. The van der Waals surface area contributed by atoms with Crippen molar-refractivity contribution in [2.24, 2.45) is 0 Å². The van der Waals surface area contributed by atoms with E-state index in [1.165, 1.54) is 0 Å². The Hall–Kier alpha value is -3.95. The molecular formula is C28H25N2O3P. The van der Waals surface area contributed by atoms with Crippen molar-refractivity contribution in [1.29, 1.82) is 0 Å². The molecule has 0 spiro atoms. The molecule has 0 heterocycles. The van der Waals surface area contributed by atoms with Gasteiger partial charge in [-0.25, -0.2) is 0 Å². The third-order valence-electron chi connectivity index (χ3n) is 5.47. The summed E-state index contributed by atoms with van der Waals surface area (Å²) in [6.07, 6.45) is 0. The number of hydrogen-bond acceptors (Lipinski definition) is 3. The van der Waals surface area contributed by atoms with E-state index in [0.717, 1.165) is 5.56 Å². The van der Waals surface area contributed by atoms with Gasteiger partial charge in [0.1, 0.15) is 0 Å². The van der Waals surface area contributed by atoms with Crippen LogP contribution >= 0.6 is 7.14 Å². The molecule has 6 heteroatoms. The van der Waals surface area contributed by atoms with Crippen molar-refractivity contribution in [2.75, 3.05) is 6.54 Å². The molecule has 170 valence electrons. The van der Waals surface area contributed by atoms with Crippen LogP contribution in [0.5, 0.6) is 0 Å². The average Bonchev–Trinajstić information content (AvgIpc) is 2.91. The van der Waals surface area contributed by atoms with E-state index in [-0.39, 0.29) is 18.0 Å². The van der Waals surface area contributed by atoms with Crippen molar-refractivity contribution in [3.8, 4) is 0 Å². The topological polar surface area (TPSA) is 75.3 Å². The molecule has 0 atom stereocenters. The Morgan fingerprint density at radius 1 is 0.618 bits per heavy atom. The first-order valence-electron chi connectivity index (χ1n) is 11.0. The summed E-state index contributed by atoms with van der Waals surface area (Å²) in [6, 6.07) is 34.8. The molecule has 0 aliphatic carbocycles. The fraction of sp³-hybridized carbons (Fsp3) is 0.0714. The molecule has 0 saturated heterocycles. The normalized spacial score (nSPS) is 10.9. The molecule has 5 nitrogen and oxygen atoms in total. The van der Waals surface area contributed by atoms with Crippen LogP contribution in [-0.4, -0.2) is 18.4 Å². The van der Waals surface area contributed by atoms with Gasteiger partial charge in [-0.1, -0.05) is 109 Å². The Labute approximate surface area is 199 Å². The van der Waals surface area contributed by atoms with E-state index in [1.807, 2.05) is 91.0 Å². The summed E-state index contributed by atoms with van der Waals surface area (Å²) in [7, 11) is -3.33. The molecule has 0 bridgehead atoms. The minimum Gasteiger partial charge on any atom is -0.350 e. The quantitative estimate of drug-likeness (QED) is 0.390. The van der Waals surface area contributed by atoms with Crippen LogP contribution < -0.4 is 26.5 Å². The number of carbonyl (C=O) groups excluding carboxylic acids is 2. The van der Waals surface area contributed by atoms with E-state index in [9.17, 15) is 14.2 Å². The van der Waals surface area contributed by atoms with Crippen molar-refractivity contribution in [3.63, 3.8) is 0 Å². The predicted octanol–water partition coefficient (Wildman–Crippen LogP) is 3.37. The summed E-state index contributed by atoms with van der Waals surface area (Å²) in [5, 5.41) is 7.19. The predicted molar refractivity (Wildman–Crippen MR) is 136 cm³/mol. The van der Waals surface area contributed by atoms with Gasteiger partial charge in [0, 0.05) is 22.5 Å². The molecule has 2 amide bonds. The van der Waals surface area contributed by atoms with Crippen LogP contribution in [0, 0.1) is 0 Å². The molecule has 0 aliphatic heterocycles. The van der Waals surface area contributed by atoms with Crippen molar-refractivity contribution < 1.29 is 14.2 Å². The van der Waals surface area contributed by atoms with Gasteiger partial charge in [-0.05, 0) is 11.6 Å². The second-order valence-electron chi connectivity index (χ2n) is 7.74. The van der Waals surface area contributed by atoms with Gasteiger partial charge in [-0.15, -0.1) is 0 Å². The van der Waals surface area contributed by atoms with Crippen molar-refractivity contribution in [2.45, 2.75) is 6.54 Å². The van der Waals surface area contributed by atoms with E-state index in [2.05, 4.69) is 10.6 Å². The molecule has 4 rings (SSSR count). The maximum absolute atomic E-state index is 14.7. The Morgan fingerprint density at radius 3 is 1.71 bits per heavy atom. The number of rotatable bonds is 8. The smallest absolute Gasteiger partial charge is 0.252 e. The lowest BCUT2D eigenvalue weighted by molar-refractivity contribution is -0.120. The fourth-order valence-electron chi connectivity index (χ4n) is 3.76. The molecule has 34 heavy (non-hydrogen) atoms. The van der Waals surface area contributed by atoms with E-state index < -0.39 is 13.0 Å². The third kappa shape index (κ3) is 5.16. The van der Waals surface area contributed by atoms with Gasteiger partial charge < -0.3 is 15.2 Å². The maximum atomic E-state index is 14.7. The number of benzene rings is 4. The van der Waals surface area contributed by atoms with Gasteiger partial charge in [0.25, 0.3) is 5.91 Å². The highest BCUT2D eigenvalue weighted by atomic mass is 31.2. The maximum Gasteiger partial charge on any atom is 0.252 e. The van der Waals surface area contributed by atoms with Crippen LogP contribution in [0.1, 0.15) is 15.9 Å². The zero-order valence-electron chi connectivity index (χ0n) is 18.6. The zero-order chi connectivity index (χ0) is 23.8. The van der Waals surface area contributed by atoms with Crippen LogP contribution in [0.15, 0.2) is 115 Å². The van der Waals surface area contributed by atoms with Gasteiger partial charge in [0.05, 0.1) is 12.1 Å². The van der Waals surface area contributed by atoms with Crippen LogP contribution in [0.2, 0.25) is 0 Å². The number of hydrogen-bond donors (Lipinski definition) is 2. The molecule has 4 aromatic rings. The summed E-state index contributed by atoms with van der Waals surface area (Å²) in [6.45, 7) is 0.199. The highest BCUT2D eigenvalue weighted by molar-refractivity contribution is 7.85. The lowest BCUT2D eigenvalue weighted by atomic mass is 10.2. The number of amides is 2. The monoisotopic (exact) mass is 468 g/mol. The molecule has 0 unspecified atom stereocenters. The fourth-order valence-corrected chi connectivity index (χ4v) is 6.61. The van der Waals surface area contributed by atoms with Crippen molar-refractivity contribution >= 4 is 34.9 Å². The highest BCUT2D eigenvalue weighted by Gasteiger charge is 2.33. The second-order valence-corrected chi connectivity index (χ2v) is 10.5. The van der Waals surface area contributed by atoms with Crippen LogP contribution in [0.3, 0.4) is 0 Å². The van der Waals surface area contributed by atoms with E-state index >= 15 is 0 Å². The summed E-state index contributed by atoms with van der Waals surface area (Å²) >= 11 is 0. The summed E-state index contributed by atoms with van der Waals surface area (Å²) in [5.41, 5.74) is 1.26. The molecule has 0 radical (unpaired) electrons. The molecule has 0 aliphatic rings. The van der Waals surface area contributed by atoms with Crippen molar-refractivity contribution in [1.82, 2.24) is 10.6 Å². The second kappa shape index (κ2) is 10.8. The first-order chi connectivity index (χ1) is 16.6. The Balaban J connectivity index is 1.58. The molecule has 0 fully saturated rings. The van der Waals surface area contributed by atoms with E-state index in [0.29, 0.717) is 22.5 Å². The summed E-state index contributed by atoms with van der Waals surface area (Å²) in [4.78, 5) is 25.4. The molecular weight excluding hydrogens is 443 g/mol. The van der Waals surface area contributed by atoms with Crippen LogP contribution in [-0.2, 0) is 15.9 Å². The standard InChI is InChI=1S/C28H25N2O3P/c31-27(29-20-22-12-4-1-5-13-22)21-30-28(32)25-18-10-11-19-26(25)34(33,23-14-6-2-7-15-23)24-16-8-3-9-17-24/h1-19H,20-21H2,(H,29,31)(H,30,32). The largest absolute Gasteiger partial charge is 0.350 e. The number of carbonyl (C=O) groups is 2. The van der Waals surface area contributed by atoms with E-state index in [1.54, 1.807) is 24.3 Å². The van der Waals surface area contributed by atoms with Crippen LogP contribution in [0.4, 0.5) is 0 Å². The highest BCUT2D eigenvalue weighted by Crippen LogP contribution is 2.43. The molecule has 4 aromatic carbocycles. The lowest BCUT2D eigenvalue weighted by Crippen LogP contribution is -2.39. The Morgan fingerprint density at radius 2 is 1.12 bits per heavy atom. The van der Waals surface area contributed by atoms with E-state index in [4.69, 9.17) is 0 Å². The SMILES string of the molecule is O=C(CNC(=O)c1ccccc1P(=O)(c1ccccc1)c1ccccc1)NCc1ccccc1. The van der Waals surface area contributed by atoms with Gasteiger partial charge in [-0.2, -0.15) is 0 Å². The van der Waals surface area contributed by atoms with Gasteiger partial charge in [0.2, 0.25) is 5.91 Å². The summed E-state index contributed by atoms with van der Waals surface area (Å²) in [5.74, 6) is -0.749. The lowest BCUT2D eigenvalue weighted by Gasteiger charge is -2.22. The third-order valence-corrected chi connectivity index (χ3v) is 8.59. The first-order valence-corrected chi connectivity index (χ1v) is 12.7. The molecule has 0 saturated carbocycles. The average molecular weight is 468 g/mol. The Bertz CT molecular complexity index is 1270. The minimum atomic E-state index is -3.33. The Kier molecular flexibility index (Phi) is 7.36. The van der Waals surface area contributed by atoms with Gasteiger partial charge in [0.15, 0.2) is 7.14 Å². The van der Waals surface area contributed by atoms with Gasteiger partial charge in [-0.3, -0.25) is 9.59 Å². The molecule has 0 aromatic heterocycles. The number of nitrogens with one attached hydrogen (secondary N) is 2. The molecule has 2 N–H and O–H groups in total.